The summed E-state index contributed by atoms with van der Waals surface area (Å²) in [4.78, 5) is 4.17. The first-order valence-corrected chi connectivity index (χ1v) is 9.13. The summed E-state index contributed by atoms with van der Waals surface area (Å²) < 4.78 is 37.5. The average Bonchev–Trinajstić information content (AvgIpc) is 2.67. The lowest BCUT2D eigenvalue weighted by Crippen LogP contribution is -2.38. The van der Waals surface area contributed by atoms with Gasteiger partial charge in [0.1, 0.15) is 24.0 Å². The van der Waals surface area contributed by atoms with Crippen molar-refractivity contribution in [2.45, 2.75) is 19.9 Å². The molecule has 0 aromatic heterocycles. The number of aliphatic imine (C=N–C) groups is 1. The summed E-state index contributed by atoms with van der Waals surface area (Å²) in [5.41, 5.74) is 2.56. The van der Waals surface area contributed by atoms with Gasteiger partial charge < -0.3 is 20.1 Å². The number of ether oxygens (including phenoxy) is 2. The normalized spacial score (nSPS) is 11.0. The molecular weight excluding hydrogens is 491 g/mol. The third kappa shape index (κ3) is 8.53. The molecule has 8 heteroatoms. The molecule has 0 spiro atoms. The summed E-state index contributed by atoms with van der Waals surface area (Å²) in [6, 6.07) is 9.62. The standard InChI is InChI=1S/C21H27F2N3O2.HI/c1-15-4-5-17(20(12-15)28-11-10-27-3)14-26-21(24-2)25-9-8-16-6-7-18(22)13-19(16)23;/h4-7,12-13H,8-11,14H2,1-3H3,(H2,24,25,26);1H. The molecule has 0 atom stereocenters. The molecule has 0 heterocycles. The van der Waals surface area contributed by atoms with E-state index in [0.717, 1.165) is 22.9 Å². The Bertz CT molecular complexity index is 803. The van der Waals surface area contributed by atoms with Crippen LogP contribution in [0.15, 0.2) is 41.4 Å². The molecule has 5 nitrogen and oxygen atoms in total. The summed E-state index contributed by atoms with van der Waals surface area (Å²) in [7, 11) is 3.30. The second kappa shape index (κ2) is 13.3. The largest absolute Gasteiger partial charge is 0.491 e. The van der Waals surface area contributed by atoms with Gasteiger partial charge in [-0.15, -0.1) is 24.0 Å². The molecule has 0 saturated carbocycles. The molecule has 2 aromatic rings. The van der Waals surface area contributed by atoms with E-state index < -0.39 is 11.6 Å². The lowest BCUT2D eigenvalue weighted by atomic mass is 10.1. The maximum absolute atomic E-state index is 13.7. The van der Waals surface area contributed by atoms with Crippen LogP contribution in [0, 0.1) is 18.6 Å². The fourth-order valence-electron chi connectivity index (χ4n) is 2.62. The maximum Gasteiger partial charge on any atom is 0.191 e. The smallest absolute Gasteiger partial charge is 0.191 e. The van der Waals surface area contributed by atoms with E-state index in [1.54, 1.807) is 14.2 Å². The first-order chi connectivity index (χ1) is 13.5. The van der Waals surface area contributed by atoms with Crippen molar-refractivity contribution in [3.05, 3.63) is 64.7 Å². The first-order valence-electron chi connectivity index (χ1n) is 9.13. The highest BCUT2D eigenvalue weighted by Crippen LogP contribution is 2.20. The van der Waals surface area contributed by atoms with E-state index in [-0.39, 0.29) is 24.0 Å². The third-order valence-electron chi connectivity index (χ3n) is 4.14. The van der Waals surface area contributed by atoms with Gasteiger partial charge in [0.05, 0.1) is 6.61 Å². The Morgan fingerprint density at radius 3 is 2.48 bits per heavy atom. The van der Waals surface area contributed by atoms with E-state index in [4.69, 9.17) is 9.47 Å². The van der Waals surface area contributed by atoms with Crippen LogP contribution >= 0.6 is 24.0 Å². The summed E-state index contributed by atoms with van der Waals surface area (Å²) >= 11 is 0. The molecule has 0 radical (unpaired) electrons. The van der Waals surface area contributed by atoms with E-state index in [9.17, 15) is 8.78 Å². The Hall–Kier alpha value is -1.94. The average molecular weight is 519 g/mol. The van der Waals surface area contributed by atoms with Crippen LogP contribution in [0.3, 0.4) is 0 Å². The third-order valence-corrected chi connectivity index (χ3v) is 4.14. The zero-order valence-electron chi connectivity index (χ0n) is 16.9. The van der Waals surface area contributed by atoms with Gasteiger partial charge >= 0.3 is 0 Å². The SMILES string of the molecule is CN=C(NCCc1ccc(F)cc1F)NCc1ccc(C)cc1OCCOC.I. The zero-order chi connectivity index (χ0) is 20.4. The van der Waals surface area contributed by atoms with Gasteiger partial charge in [0, 0.05) is 38.9 Å². The van der Waals surface area contributed by atoms with Crippen molar-refractivity contribution in [2.75, 3.05) is 33.9 Å². The van der Waals surface area contributed by atoms with Crippen LogP contribution < -0.4 is 15.4 Å². The Morgan fingerprint density at radius 1 is 1.03 bits per heavy atom. The number of halogens is 3. The highest BCUT2D eigenvalue weighted by atomic mass is 127. The van der Waals surface area contributed by atoms with Crippen molar-refractivity contribution in [2.24, 2.45) is 4.99 Å². The lowest BCUT2D eigenvalue weighted by molar-refractivity contribution is 0.145. The van der Waals surface area contributed by atoms with E-state index in [0.29, 0.717) is 44.2 Å². The molecule has 0 aliphatic heterocycles. The summed E-state index contributed by atoms with van der Waals surface area (Å²) in [5, 5.41) is 6.35. The second-order valence-corrected chi connectivity index (χ2v) is 6.29. The molecule has 29 heavy (non-hydrogen) atoms. The van der Waals surface area contributed by atoms with E-state index in [2.05, 4.69) is 15.6 Å². The second-order valence-electron chi connectivity index (χ2n) is 6.29. The summed E-state index contributed by atoms with van der Waals surface area (Å²) in [5.74, 6) is 0.273. The van der Waals surface area contributed by atoms with Crippen LogP contribution in [0.1, 0.15) is 16.7 Å². The first kappa shape index (κ1) is 25.1. The number of hydrogen-bond acceptors (Lipinski definition) is 3. The Labute approximate surface area is 187 Å². The van der Waals surface area contributed by atoms with E-state index in [1.165, 1.54) is 12.1 Å². The number of methoxy groups -OCH3 is 1. The number of hydrogen-bond donors (Lipinski definition) is 2. The maximum atomic E-state index is 13.7. The fourth-order valence-corrected chi connectivity index (χ4v) is 2.62. The molecule has 0 fully saturated rings. The molecule has 2 rings (SSSR count). The minimum Gasteiger partial charge on any atom is -0.491 e. The zero-order valence-corrected chi connectivity index (χ0v) is 19.3. The quantitative estimate of drug-likeness (QED) is 0.229. The van der Waals surface area contributed by atoms with Gasteiger partial charge in [-0.3, -0.25) is 4.99 Å². The number of nitrogens with zero attached hydrogens (tertiary/aromatic N) is 1. The van der Waals surface area contributed by atoms with Crippen molar-refractivity contribution >= 4 is 29.9 Å². The highest BCUT2D eigenvalue weighted by Gasteiger charge is 2.07. The van der Waals surface area contributed by atoms with Crippen LogP contribution in [0.25, 0.3) is 0 Å². The predicted octanol–water partition coefficient (Wildman–Crippen LogP) is 3.82. The Kier molecular flexibility index (Phi) is 11.5. The molecule has 160 valence electrons. The van der Waals surface area contributed by atoms with Crippen molar-refractivity contribution in [3.63, 3.8) is 0 Å². The number of rotatable bonds is 9. The molecule has 0 aliphatic rings. The van der Waals surface area contributed by atoms with Gasteiger partial charge in [-0.2, -0.15) is 0 Å². The molecule has 0 aliphatic carbocycles. The molecule has 0 bridgehead atoms. The van der Waals surface area contributed by atoms with Crippen molar-refractivity contribution in [1.82, 2.24) is 10.6 Å². The number of aryl methyl sites for hydroxylation is 1. The van der Waals surface area contributed by atoms with Crippen LogP contribution in [0.5, 0.6) is 5.75 Å². The van der Waals surface area contributed by atoms with Crippen LogP contribution in [-0.4, -0.2) is 39.9 Å². The van der Waals surface area contributed by atoms with E-state index in [1.807, 2.05) is 25.1 Å². The van der Waals surface area contributed by atoms with Gasteiger partial charge in [0.15, 0.2) is 5.96 Å². The van der Waals surface area contributed by atoms with Crippen molar-refractivity contribution in [1.29, 1.82) is 0 Å². The fraction of sp³-hybridized carbons (Fsp3) is 0.381. The Balaban J connectivity index is 0.00000420. The Morgan fingerprint density at radius 2 is 1.79 bits per heavy atom. The minimum absolute atomic E-state index is 0. The van der Waals surface area contributed by atoms with Crippen molar-refractivity contribution in [3.8, 4) is 5.75 Å². The van der Waals surface area contributed by atoms with Crippen LogP contribution in [0.2, 0.25) is 0 Å². The molecule has 0 unspecified atom stereocenters. The van der Waals surface area contributed by atoms with Crippen LogP contribution in [-0.2, 0) is 17.7 Å². The number of benzene rings is 2. The summed E-state index contributed by atoms with van der Waals surface area (Å²) in [6.07, 6.45) is 0.419. The lowest BCUT2D eigenvalue weighted by Gasteiger charge is -2.15. The molecule has 2 aromatic carbocycles. The van der Waals surface area contributed by atoms with E-state index >= 15 is 0 Å². The summed E-state index contributed by atoms with van der Waals surface area (Å²) in [6.45, 7) is 3.99. The monoisotopic (exact) mass is 519 g/mol. The molecule has 0 saturated heterocycles. The van der Waals surface area contributed by atoms with Crippen LogP contribution in [0.4, 0.5) is 8.78 Å². The van der Waals surface area contributed by atoms with Gasteiger partial charge in [-0.25, -0.2) is 8.78 Å². The highest BCUT2D eigenvalue weighted by molar-refractivity contribution is 14.0. The molecule has 2 N–H and O–H groups in total. The van der Waals surface area contributed by atoms with Crippen molar-refractivity contribution < 1.29 is 18.3 Å². The number of guanidine groups is 1. The molecular formula is C21H28F2IN3O2. The molecule has 0 amide bonds. The van der Waals surface area contributed by atoms with Gasteiger partial charge in [0.25, 0.3) is 0 Å². The minimum atomic E-state index is -0.576. The van der Waals surface area contributed by atoms with Gasteiger partial charge in [-0.1, -0.05) is 18.2 Å². The predicted molar refractivity (Wildman–Crippen MR) is 122 cm³/mol. The van der Waals surface area contributed by atoms with Gasteiger partial charge in [0.2, 0.25) is 0 Å². The topological polar surface area (TPSA) is 54.9 Å². The van der Waals surface area contributed by atoms with Gasteiger partial charge in [-0.05, 0) is 36.6 Å². The number of nitrogens with one attached hydrogen (secondary N) is 2.